The van der Waals surface area contributed by atoms with E-state index in [1.54, 1.807) is 0 Å². The minimum absolute atomic E-state index is 0.141. The zero-order valence-electron chi connectivity index (χ0n) is 6.43. The van der Waals surface area contributed by atoms with Crippen molar-refractivity contribution in [2.45, 2.75) is 6.04 Å². The maximum Gasteiger partial charge on any atom is 0.130 e. The van der Waals surface area contributed by atoms with Crippen LogP contribution in [-0.2, 0) is 0 Å². The Kier molecular flexibility index (Phi) is 2.73. The van der Waals surface area contributed by atoms with Crippen molar-refractivity contribution in [1.29, 1.82) is 0 Å². The van der Waals surface area contributed by atoms with E-state index in [-0.39, 0.29) is 12.1 Å². The minimum atomic E-state index is -0.645. The monoisotopic (exact) mass is 172 g/mol. The molecule has 4 heteroatoms. The van der Waals surface area contributed by atoms with Crippen LogP contribution in [0.2, 0.25) is 0 Å². The van der Waals surface area contributed by atoms with Crippen molar-refractivity contribution in [2.24, 2.45) is 11.5 Å². The van der Waals surface area contributed by atoms with Gasteiger partial charge in [-0.3, -0.25) is 0 Å². The van der Waals surface area contributed by atoms with Gasteiger partial charge in [0.05, 0.1) is 0 Å². The lowest BCUT2D eigenvalue weighted by Gasteiger charge is -2.09. The highest BCUT2D eigenvalue weighted by Gasteiger charge is 2.09. The predicted octanol–water partition coefficient (Wildman–Crippen LogP) is 0.923. The van der Waals surface area contributed by atoms with Gasteiger partial charge in [-0.05, 0) is 6.07 Å². The highest BCUT2D eigenvalue weighted by atomic mass is 19.1. The molecule has 0 aromatic heterocycles. The van der Waals surface area contributed by atoms with Crippen LogP contribution in [0, 0.1) is 11.6 Å². The van der Waals surface area contributed by atoms with E-state index in [0.29, 0.717) is 0 Å². The van der Waals surface area contributed by atoms with E-state index in [9.17, 15) is 8.78 Å². The van der Waals surface area contributed by atoms with E-state index in [1.165, 1.54) is 6.07 Å². The molecule has 12 heavy (non-hydrogen) atoms. The van der Waals surface area contributed by atoms with E-state index in [4.69, 9.17) is 11.5 Å². The zero-order chi connectivity index (χ0) is 9.14. The van der Waals surface area contributed by atoms with E-state index in [2.05, 4.69) is 0 Å². The van der Waals surface area contributed by atoms with Gasteiger partial charge in [0.1, 0.15) is 11.6 Å². The fourth-order valence-corrected chi connectivity index (χ4v) is 0.929. The van der Waals surface area contributed by atoms with Crippen LogP contribution < -0.4 is 11.5 Å². The summed E-state index contributed by atoms with van der Waals surface area (Å²) in [4.78, 5) is 0. The second-order valence-corrected chi connectivity index (χ2v) is 2.51. The molecule has 66 valence electrons. The van der Waals surface area contributed by atoms with Gasteiger partial charge in [0.25, 0.3) is 0 Å². The second kappa shape index (κ2) is 3.60. The van der Waals surface area contributed by atoms with Gasteiger partial charge in [-0.25, -0.2) is 8.78 Å². The maximum absolute atomic E-state index is 12.9. The predicted molar refractivity (Wildman–Crippen MR) is 42.3 cm³/mol. The molecule has 4 N–H and O–H groups in total. The third-order valence-electron chi connectivity index (χ3n) is 1.62. The Labute approximate surface area is 69.2 Å². The SMILES string of the molecule is NCC(N)c1ccc(F)cc1F. The molecule has 0 saturated heterocycles. The molecule has 1 rings (SSSR count). The molecule has 1 aromatic carbocycles. The molecule has 0 fully saturated rings. The van der Waals surface area contributed by atoms with Crippen molar-refractivity contribution in [3.8, 4) is 0 Å². The van der Waals surface area contributed by atoms with Crippen molar-refractivity contribution in [2.75, 3.05) is 6.54 Å². The summed E-state index contributed by atoms with van der Waals surface area (Å²) in [5.74, 6) is -1.26. The highest BCUT2D eigenvalue weighted by Crippen LogP contribution is 2.14. The molecule has 0 aliphatic carbocycles. The molecule has 0 amide bonds. The first kappa shape index (κ1) is 9.09. The number of hydrogen-bond donors (Lipinski definition) is 2. The van der Waals surface area contributed by atoms with E-state index < -0.39 is 17.7 Å². The first-order valence-electron chi connectivity index (χ1n) is 3.55. The number of halogens is 2. The fourth-order valence-electron chi connectivity index (χ4n) is 0.929. The van der Waals surface area contributed by atoms with Crippen molar-refractivity contribution in [3.63, 3.8) is 0 Å². The third-order valence-corrected chi connectivity index (χ3v) is 1.62. The quantitative estimate of drug-likeness (QED) is 0.697. The van der Waals surface area contributed by atoms with Crippen LogP contribution in [0.3, 0.4) is 0 Å². The number of rotatable bonds is 2. The van der Waals surface area contributed by atoms with Crippen LogP contribution in [0.1, 0.15) is 11.6 Å². The van der Waals surface area contributed by atoms with Gasteiger partial charge in [-0.15, -0.1) is 0 Å². The molecular formula is C8H10F2N2. The molecule has 0 radical (unpaired) electrons. The van der Waals surface area contributed by atoms with Gasteiger partial charge in [0.2, 0.25) is 0 Å². The summed E-state index contributed by atoms with van der Waals surface area (Å²) < 4.78 is 25.3. The highest BCUT2D eigenvalue weighted by molar-refractivity contribution is 5.21. The lowest BCUT2D eigenvalue weighted by molar-refractivity contribution is 0.556. The van der Waals surface area contributed by atoms with Gasteiger partial charge < -0.3 is 11.5 Å². The molecule has 0 saturated carbocycles. The molecule has 0 aliphatic rings. The number of benzene rings is 1. The Balaban J connectivity index is 3.01. The van der Waals surface area contributed by atoms with Crippen LogP contribution >= 0.6 is 0 Å². The van der Waals surface area contributed by atoms with Crippen LogP contribution in [-0.4, -0.2) is 6.54 Å². The van der Waals surface area contributed by atoms with Gasteiger partial charge in [0.15, 0.2) is 0 Å². The van der Waals surface area contributed by atoms with E-state index >= 15 is 0 Å². The Morgan fingerprint density at radius 2 is 2.00 bits per heavy atom. The lowest BCUT2D eigenvalue weighted by Crippen LogP contribution is -2.21. The first-order valence-corrected chi connectivity index (χ1v) is 3.55. The van der Waals surface area contributed by atoms with Gasteiger partial charge >= 0.3 is 0 Å². The van der Waals surface area contributed by atoms with Crippen LogP contribution in [0.25, 0.3) is 0 Å². The van der Waals surface area contributed by atoms with E-state index in [0.717, 1.165) is 12.1 Å². The molecule has 1 atom stereocenters. The van der Waals surface area contributed by atoms with Gasteiger partial charge in [-0.2, -0.15) is 0 Å². The number of hydrogen-bond acceptors (Lipinski definition) is 2. The summed E-state index contributed by atoms with van der Waals surface area (Å²) in [5, 5.41) is 0. The molecule has 0 spiro atoms. The fraction of sp³-hybridized carbons (Fsp3) is 0.250. The molecule has 0 bridgehead atoms. The summed E-state index contributed by atoms with van der Waals surface area (Å²) >= 11 is 0. The molecule has 1 unspecified atom stereocenters. The molecular weight excluding hydrogens is 162 g/mol. The van der Waals surface area contributed by atoms with Crippen LogP contribution in [0.15, 0.2) is 18.2 Å². The van der Waals surface area contributed by atoms with Crippen molar-refractivity contribution in [1.82, 2.24) is 0 Å². The van der Waals surface area contributed by atoms with E-state index in [1.807, 2.05) is 0 Å². The normalized spacial score (nSPS) is 13.0. The summed E-state index contributed by atoms with van der Waals surface area (Å²) in [5.41, 5.74) is 10.9. The van der Waals surface area contributed by atoms with Crippen molar-refractivity contribution < 1.29 is 8.78 Å². The van der Waals surface area contributed by atoms with Crippen LogP contribution in [0.5, 0.6) is 0 Å². The minimum Gasteiger partial charge on any atom is -0.329 e. The second-order valence-electron chi connectivity index (χ2n) is 2.51. The smallest absolute Gasteiger partial charge is 0.130 e. The summed E-state index contributed by atoms with van der Waals surface area (Å²) in [6.45, 7) is 0.141. The standard InChI is InChI=1S/C8H10F2N2/c9-5-1-2-6(7(10)3-5)8(12)4-11/h1-3,8H,4,11-12H2. The Morgan fingerprint density at radius 1 is 1.33 bits per heavy atom. The van der Waals surface area contributed by atoms with Crippen LogP contribution in [0.4, 0.5) is 8.78 Å². The average molecular weight is 172 g/mol. The number of nitrogens with two attached hydrogens (primary N) is 2. The Hall–Kier alpha value is -1.00. The van der Waals surface area contributed by atoms with Gasteiger partial charge in [0, 0.05) is 24.2 Å². The molecule has 0 heterocycles. The zero-order valence-corrected chi connectivity index (χ0v) is 6.43. The summed E-state index contributed by atoms with van der Waals surface area (Å²) in [6.07, 6.45) is 0. The maximum atomic E-state index is 12.9. The molecule has 1 aromatic rings. The third kappa shape index (κ3) is 1.78. The Bertz CT molecular complexity index is 276. The summed E-state index contributed by atoms with van der Waals surface area (Å²) in [6, 6.07) is 2.70. The topological polar surface area (TPSA) is 52.0 Å². The molecule has 0 aliphatic heterocycles. The summed E-state index contributed by atoms with van der Waals surface area (Å²) in [7, 11) is 0. The average Bonchev–Trinajstić information content (AvgIpc) is 2.03. The largest absolute Gasteiger partial charge is 0.329 e. The van der Waals surface area contributed by atoms with Gasteiger partial charge in [-0.1, -0.05) is 6.07 Å². The first-order chi connectivity index (χ1) is 5.65. The molecule has 2 nitrogen and oxygen atoms in total. The van der Waals surface area contributed by atoms with Crippen molar-refractivity contribution >= 4 is 0 Å². The Morgan fingerprint density at radius 3 is 2.50 bits per heavy atom. The van der Waals surface area contributed by atoms with Crippen molar-refractivity contribution in [3.05, 3.63) is 35.4 Å². The lowest BCUT2D eigenvalue weighted by atomic mass is 10.1.